The Labute approximate surface area is 474 Å². The maximum atomic E-state index is 12.4. The molecule has 18 nitrogen and oxygen atoms in total. The van der Waals surface area contributed by atoms with E-state index in [1.54, 1.807) is 37.3 Å². The van der Waals surface area contributed by atoms with Crippen LogP contribution in [0.4, 0.5) is 4.79 Å². The van der Waals surface area contributed by atoms with Gasteiger partial charge in [0.2, 0.25) is 11.8 Å². The first-order valence-corrected chi connectivity index (χ1v) is 28.8. The minimum absolute atomic E-state index is 0.00367. The van der Waals surface area contributed by atoms with Crippen LogP contribution in [0.5, 0.6) is 0 Å². The van der Waals surface area contributed by atoms with Crippen molar-refractivity contribution in [3.05, 3.63) is 144 Å². The van der Waals surface area contributed by atoms with Crippen molar-refractivity contribution in [2.45, 2.75) is 167 Å². The van der Waals surface area contributed by atoms with Crippen LogP contribution in [-0.4, -0.2) is 174 Å². The Morgan fingerprint density at radius 1 is 0.506 bits per heavy atom. The molecule has 1 unspecified atom stereocenters. The predicted molar refractivity (Wildman–Crippen MR) is 299 cm³/mol. The molecule has 0 saturated carbocycles. The van der Waals surface area contributed by atoms with Crippen LogP contribution in [-0.2, 0) is 48.3 Å². The van der Waals surface area contributed by atoms with E-state index in [2.05, 4.69) is 46.5 Å². The Morgan fingerprint density at radius 3 is 1.12 bits per heavy atom. The number of rotatable bonds is 14. The fraction of sp³-hybridized carbons (Fsp3) is 0.524. The highest BCUT2D eigenvalue weighted by Crippen LogP contribution is 2.48. The van der Waals surface area contributed by atoms with E-state index in [0.717, 1.165) is 55.2 Å². The van der Waals surface area contributed by atoms with Crippen molar-refractivity contribution in [3.63, 3.8) is 0 Å². The predicted octanol–water partition coefficient (Wildman–Crippen LogP) is 5.48. The van der Waals surface area contributed by atoms with Gasteiger partial charge in [-0.1, -0.05) is 128 Å². The second-order valence-corrected chi connectivity index (χ2v) is 22.9. The van der Waals surface area contributed by atoms with Gasteiger partial charge < -0.3 is 44.1 Å². The molecule has 5 N–H and O–H groups in total. The minimum Gasteiger partial charge on any atom is -0.462 e. The van der Waals surface area contributed by atoms with Gasteiger partial charge in [0.25, 0.3) is 0 Å². The molecule has 8 fully saturated rings. The molecule has 4 aromatic rings. The number of morpholine rings is 1. The fourth-order valence-electron chi connectivity index (χ4n) is 13.5. The van der Waals surface area contributed by atoms with Crippen LogP contribution < -0.4 is 10.6 Å². The van der Waals surface area contributed by atoms with Crippen LogP contribution in [0.15, 0.2) is 121 Å². The number of benzene rings is 4. The topological polar surface area (TPSA) is 237 Å². The number of piperidine rings is 3. The zero-order chi connectivity index (χ0) is 57.4. The van der Waals surface area contributed by atoms with Crippen LogP contribution in [0.1, 0.15) is 118 Å². The number of epoxide rings is 1. The molecule has 4 amide bonds. The first-order valence-electron chi connectivity index (χ1n) is 28.8. The number of urea groups is 1. The molecular weight excluding hydrogens is 1030 g/mol. The molecule has 434 valence electrons. The SMILES string of the molecule is CCC1(c2ccccc2)C(=O)NC(=O)NC1=O.CN1[C@@H]2CC[C@H]1C[C@@H](OC(=O)C(CO)c1ccccc1)C2.CN1[C@@H]2CC[C@H]1C[C@@H](OC(=O)[C@H](CO)c1ccccc1)C2.CN1[C@@H]2C[C@@H](OC(=O)[C@H](CO)c3ccccc3)C[C@H]1[C@@H]1O[C@@H]12. The number of likely N-dealkylation sites (N-methyl/N-ethyl adjacent to an activating group) is 1. The zero-order valence-corrected chi connectivity index (χ0v) is 46.8. The van der Waals surface area contributed by atoms with Crippen molar-refractivity contribution in [2.75, 3.05) is 41.0 Å². The third kappa shape index (κ3) is 13.3. The molecule has 8 heterocycles. The number of fused-ring (bicyclic) bond motifs is 9. The van der Waals surface area contributed by atoms with Crippen molar-refractivity contribution in [1.29, 1.82) is 0 Å². The van der Waals surface area contributed by atoms with Crippen LogP contribution in [0, 0.1) is 0 Å². The minimum atomic E-state index is -1.31. The van der Waals surface area contributed by atoms with E-state index in [4.69, 9.17) is 18.9 Å². The van der Waals surface area contributed by atoms with E-state index in [1.807, 2.05) is 91.0 Å². The van der Waals surface area contributed by atoms with Gasteiger partial charge in [-0.25, -0.2) is 4.79 Å². The standard InChI is InChI=1S/C17H21NO4.2C17H23NO3.C12H12N2O3/c1-18-13-7-11(8-14(18)16-15(13)22-16)21-17(20)12(9-19)10-5-3-2-4-6-10;2*1-18-13-7-8-14(18)10-15(9-13)21-17(20)16(11-19)12-5-3-2-4-6-12;1-2-12(8-6-4-3-5-7-8)9(15)13-11(17)14-10(12)16/h2-6,11-16,19H,7-9H2,1H3;2*2-6,13-16,19H,7-11H2,1H3;3-7H,2H2,1H3,(H2,13,14,15,16,17)/t11-,12-,13-,14+,15-,16+;13-,14+,15+,16?;13-,14+,15+,16-;/m1.1./s1. The number of hydrogen-bond acceptors (Lipinski definition) is 16. The summed E-state index contributed by atoms with van der Waals surface area (Å²) in [7, 11) is 6.46. The van der Waals surface area contributed by atoms with Gasteiger partial charge in [0.1, 0.15) is 48.3 Å². The lowest BCUT2D eigenvalue weighted by atomic mass is 9.75. The number of carbonyl (C=O) groups excluding carboxylic acids is 6. The summed E-state index contributed by atoms with van der Waals surface area (Å²) < 4.78 is 22.8. The van der Waals surface area contributed by atoms with E-state index in [1.165, 1.54) is 25.7 Å². The Morgan fingerprint density at radius 2 is 0.815 bits per heavy atom. The Kier molecular flexibility index (Phi) is 19.5. The van der Waals surface area contributed by atoms with E-state index < -0.39 is 41.0 Å². The van der Waals surface area contributed by atoms with Gasteiger partial charge in [-0.3, -0.25) is 39.5 Å². The lowest BCUT2D eigenvalue weighted by molar-refractivity contribution is -0.157. The summed E-state index contributed by atoms with van der Waals surface area (Å²) >= 11 is 0. The molecule has 18 heteroatoms. The number of ether oxygens (including phenoxy) is 4. The number of nitrogens with one attached hydrogen (secondary N) is 2. The summed E-state index contributed by atoms with van der Waals surface area (Å²) in [4.78, 5) is 79.4. The average molecular weight is 1110 g/mol. The van der Waals surface area contributed by atoms with E-state index in [0.29, 0.717) is 60.4 Å². The highest BCUT2D eigenvalue weighted by Gasteiger charge is 2.63. The van der Waals surface area contributed by atoms with E-state index >= 15 is 0 Å². The normalized spacial score (nSPS) is 29.7. The van der Waals surface area contributed by atoms with Crippen LogP contribution in [0.3, 0.4) is 0 Å². The molecule has 0 radical (unpaired) electrons. The molecule has 0 aliphatic carbocycles. The van der Waals surface area contributed by atoms with Gasteiger partial charge >= 0.3 is 23.9 Å². The quantitative estimate of drug-likeness (QED) is 0.0455. The maximum Gasteiger partial charge on any atom is 0.328 e. The number of amides is 4. The smallest absolute Gasteiger partial charge is 0.328 e. The Bertz CT molecular complexity index is 2620. The molecular formula is C63H79N5O13. The van der Waals surface area contributed by atoms with E-state index in [9.17, 15) is 44.1 Å². The summed E-state index contributed by atoms with van der Waals surface area (Å²) in [6.45, 7) is 1.10. The molecule has 8 aliphatic heterocycles. The van der Waals surface area contributed by atoms with Gasteiger partial charge in [0.05, 0.1) is 19.8 Å². The van der Waals surface area contributed by atoms with Crippen molar-refractivity contribution in [3.8, 4) is 0 Å². The number of nitrogens with zero attached hydrogens (tertiary/aromatic N) is 3. The summed E-state index contributed by atoms with van der Waals surface area (Å²) in [5, 5.41) is 32.9. The Hall–Kier alpha value is -6.38. The third-order valence-corrected chi connectivity index (χ3v) is 18.4. The summed E-state index contributed by atoms with van der Waals surface area (Å²) in [6, 6.07) is 39.0. The van der Waals surface area contributed by atoms with Crippen molar-refractivity contribution in [1.82, 2.24) is 25.3 Å². The molecule has 6 bridgehead atoms. The number of aliphatic hydroxyl groups is 3. The first kappa shape index (κ1) is 59.2. The molecule has 4 aromatic carbocycles. The zero-order valence-electron chi connectivity index (χ0n) is 46.8. The van der Waals surface area contributed by atoms with Crippen LogP contribution in [0.25, 0.3) is 0 Å². The maximum absolute atomic E-state index is 12.4. The number of imide groups is 2. The number of aliphatic hydroxyl groups excluding tert-OH is 3. The van der Waals surface area contributed by atoms with Crippen LogP contribution >= 0.6 is 0 Å². The monoisotopic (exact) mass is 1110 g/mol. The molecule has 14 atom stereocenters. The van der Waals surface area contributed by atoms with Gasteiger partial charge in [0, 0.05) is 49.1 Å². The second kappa shape index (κ2) is 26.7. The summed E-state index contributed by atoms with van der Waals surface area (Å²) in [5.41, 5.74) is 1.72. The molecule has 8 saturated heterocycles. The number of barbiturate groups is 1. The Balaban J connectivity index is 0.000000131. The second-order valence-electron chi connectivity index (χ2n) is 22.9. The molecule has 8 aliphatic rings. The lowest BCUT2D eigenvalue weighted by Crippen LogP contribution is -2.64. The number of esters is 3. The van der Waals surface area contributed by atoms with E-state index in [-0.39, 0.29) is 56.0 Å². The first-order chi connectivity index (χ1) is 39.2. The average Bonchev–Trinajstić information content (AvgIpc) is 4.24. The summed E-state index contributed by atoms with van der Waals surface area (Å²) in [5.74, 6) is -3.77. The highest BCUT2D eigenvalue weighted by atomic mass is 16.6. The van der Waals surface area contributed by atoms with Gasteiger partial charge in [0.15, 0.2) is 5.41 Å². The van der Waals surface area contributed by atoms with Gasteiger partial charge in [-0.05, 0) is 101 Å². The largest absolute Gasteiger partial charge is 0.462 e. The van der Waals surface area contributed by atoms with Crippen molar-refractivity contribution >= 4 is 35.8 Å². The van der Waals surface area contributed by atoms with Gasteiger partial charge in [-0.2, -0.15) is 0 Å². The van der Waals surface area contributed by atoms with Crippen LogP contribution in [0.2, 0.25) is 0 Å². The lowest BCUT2D eigenvalue weighted by Gasteiger charge is -2.38. The fourth-order valence-corrected chi connectivity index (χ4v) is 13.5. The molecule has 0 aromatic heterocycles. The van der Waals surface area contributed by atoms with Gasteiger partial charge in [-0.15, -0.1) is 0 Å². The number of hydrogen-bond donors (Lipinski definition) is 5. The highest BCUT2D eigenvalue weighted by molar-refractivity contribution is 6.22. The third-order valence-electron chi connectivity index (χ3n) is 18.4. The summed E-state index contributed by atoms with van der Waals surface area (Å²) in [6.07, 6.45) is 11.1. The number of carbonyl (C=O) groups is 6. The van der Waals surface area contributed by atoms with Crippen molar-refractivity contribution < 1.29 is 63.0 Å². The molecule has 12 rings (SSSR count). The van der Waals surface area contributed by atoms with Crippen molar-refractivity contribution in [2.24, 2.45) is 0 Å². The molecule has 81 heavy (non-hydrogen) atoms. The molecule has 0 spiro atoms.